The maximum absolute atomic E-state index is 12.7. The van der Waals surface area contributed by atoms with Gasteiger partial charge in [-0.2, -0.15) is 0 Å². The first-order valence-corrected chi connectivity index (χ1v) is 11.0. The Labute approximate surface area is 171 Å². The number of carbonyl (C=O) groups excluding carboxylic acids is 1. The van der Waals surface area contributed by atoms with Crippen LogP contribution in [-0.4, -0.2) is 32.3 Å². The lowest BCUT2D eigenvalue weighted by molar-refractivity contribution is -0.117. The molecule has 4 N–H and O–H groups in total. The highest BCUT2D eigenvalue weighted by Gasteiger charge is 2.37. The van der Waals surface area contributed by atoms with Gasteiger partial charge in [0.1, 0.15) is 17.2 Å². The largest absolute Gasteiger partial charge is 0.494 e. The average Bonchev–Trinajstić information content (AvgIpc) is 3.17. The normalized spacial score (nSPS) is 19.0. The third-order valence-electron chi connectivity index (χ3n) is 4.62. The number of carbonyl (C=O) groups is 1. The molecule has 8 nitrogen and oxygen atoms in total. The molecule has 0 radical (unpaired) electrons. The van der Waals surface area contributed by atoms with Crippen molar-refractivity contribution in [3.63, 3.8) is 0 Å². The molecule has 1 fully saturated rings. The molecule has 0 spiro atoms. The molecule has 1 heterocycles. The summed E-state index contributed by atoms with van der Waals surface area (Å²) in [6.45, 7) is 6.31. The first kappa shape index (κ1) is 21.1. The van der Waals surface area contributed by atoms with E-state index in [1.165, 1.54) is 0 Å². The topological polar surface area (TPSA) is 109 Å². The number of sulfonamides is 1. The molecule has 2 atom stereocenters. The molecule has 1 amide bonds. The molecule has 0 bridgehead atoms. The Morgan fingerprint density at radius 2 is 1.86 bits per heavy atom. The molecule has 9 heteroatoms. The number of rotatable bonds is 7. The number of hydrogen-bond acceptors (Lipinski definition) is 6. The van der Waals surface area contributed by atoms with E-state index < -0.39 is 21.4 Å². The minimum Gasteiger partial charge on any atom is -0.494 e. The van der Waals surface area contributed by atoms with Crippen LogP contribution in [0.2, 0.25) is 0 Å². The van der Waals surface area contributed by atoms with E-state index in [0.717, 1.165) is 11.1 Å². The molecule has 156 valence electrons. The lowest BCUT2D eigenvalue weighted by Crippen LogP contribution is -2.42. The number of nitrogens with one attached hydrogen (secondary N) is 4. The Morgan fingerprint density at radius 3 is 2.52 bits per heavy atom. The maximum atomic E-state index is 12.7. The Bertz CT molecular complexity index is 976. The van der Waals surface area contributed by atoms with Gasteiger partial charge in [-0.3, -0.25) is 9.52 Å². The number of hydrazine groups is 1. The van der Waals surface area contributed by atoms with Crippen molar-refractivity contribution in [2.24, 2.45) is 0 Å². The molecule has 2 aromatic rings. The second kappa shape index (κ2) is 8.81. The number of hydrogen-bond donors (Lipinski definition) is 4. The molecule has 1 aliphatic rings. The second-order valence-electron chi connectivity index (χ2n) is 6.98. The van der Waals surface area contributed by atoms with Crippen molar-refractivity contribution in [3.8, 4) is 5.75 Å². The summed E-state index contributed by atoms with van der Waals surface area (Å²) in [6, 6.07) is 11.7. The van der Waals surface area contributed by atoms with Crippen LogP contribution in [0.1, 0.15) is 24.5 Å². The number of anilines is 2. The Kier molecular flexibility index (Phi) is 6.41. The van der Waals surface area contributed by atoms with E-state index >= 15 is 0 Å². The van der Waals surface area contributed by atoms with Gasteiger partial charge in [-0.25, -0.2) is 19.3 Å². The van der Waals surface area contributed by atoms with E-state index in [4.69, 9.17) is 4.74 Å². The smallest absolute Gasteiger partial charge is 0.250 e. The van der Waals surface area contributed by atoms with E-state index in [1.54, 1.807) is 24.3 Å². The zero-order valence-corrected chi connectivity index (χ0v) is 17.5. The third kappa shape index (κ3) is 5.26. The molecule has 1 aliphatic heterocycles. The minimum absolute atomic E-state index is 0.100. The van der Waals surface area contributed by atoms with Gasteiger partial charge in [-0.05, 0) is 56.7 Å². The standard InChI is InChI=1S/C20H26N4O4S/c1-4-28-16-8-6-15(7-9-16)24-29(26,27)19-12-18(22-23-19)20(25)21-17-10-5-13(2)11-14(17)3/h5-11,18-19,22-24H,4,12H2,1-3H3,(H,21,25). The number of aryl methyl sites for hydroxylation is 2. The minimum atomic E-state index is -3.74. The first-order valence-electron chi connectivity index (χ1n) is 9.42. The van der Waals surface area contributed by atoms with Gasteiger partial charge < -0.3 is 10.1 Å². The van der Waals surface area contributed by atoms with E-state index in [9.17, 15) is 13.2 Å². The van der Waals surface area contributed by atoms with Crippen LogP contribution < -0.4 is 25.6 Å². The van der Waals surface area contributed by atoms with Gasteiger partial charge in [0.2, 0.25) is 15.9 Å². The summed E-state index contributed by atoms with van der Waals surface area (Å²) in [5.74, 6) is 0.377. The van der Waals surface area contributed by atoms with Crippen LogP contribution in [0.5, 0.6) is 5.75 Å². The summed E-state index contributed by atoms with van der Waals surface area (Å²) in [5.41, 5.74) is 8.67. The summed E-state index contributed by atoms with van der Waals surface area (Å²) < 4.78 is 33.2. The molecule has 2 unspecified atom stereocenters. The maximum Gasteiger partial charge on any atom is 0.250 e. The first-order chi connectivity index (χ1) is 13.8. The lowest BCUT2D eigenvalue weighted by Gasteiger charge is -2.14. The molecular formula is C20H26N4O4S. The Balaban J connectivity index is 1.60. The molecule has 0 aromatic heterocycles. The molecule has 2 aromatic carbocycles. The highest BCUT2D eigenvalue weighted by molar-refractivity contribution is 7.93. The van der Waals surface area contributed by atoms with Crippen molar-refractivity contribution >= 4 is 27.3 Å². The number of ether oxygens (including phenoxy) is 1. The zero-order chi connectivity index (χ0) is 21.0. The van der Waals surface area contributed by atoms with Crippen LogP contribution in [0.4, 0.5) is 11.4 Å². The van der Waals surface area contributed by atoms with Crippen molar-refractivity contribution < 1.29 is 17.9 Å². The van der Waals surface area contributed by atoms with Crippen molar-refractivity contribution in [1.82, 2.24) is 10.9 Å². The summed E-state index contributed by atoms with van der Waals surface area (Å²) in [5, 5.41) is 1.91. The van der Waals surface area contributed by atoms with Crippen LogP contribution >= 0.6 is 0 Å². The van der Waals surface area contributed by atoms with Gasteiger partial charge in [0, 0.05) is 17.8 Å². The molecular weight excluding hydrogens is 392 g/mol. The van der Waals surface area contributed by atoms with Crippen molar-refractivity contribution in [1.29, 1.82) is 0 Å². The van der Waals surface area contributed by atoms with E-state index in [2.05, 4.69) is 20.9 Å². The fourth-order valence-electron chi connectivity index (χ4n) is 3.10. The molecule has 0 aliphatic carbocycles. The zero-order valence-electron chi connectivity index (χ0n) is 16.7. The Hall–Kier alpha value is -2.62. The predicted molar refractivity (Wildman–Crippen MR) is 113 cm³/mol. The monoisotopic (exact) mass is 418 g/mol. The quantitative estimate of drug-likeness (QED) is 0.549. The summed E-state index contributed by atoms with van der Waals surface area (Å²) in [4.78, 5) is 12.5. The number of amides is 1. The summed E-state index contributed by atoms with van der Waals surface area (Å²) >= 11 is 0. The van der Waals surface area contributed by atoms with E-state index in [1.807, 2.05) is 39.0 Å². The van der Waals surface area contributed by atoms with Crippen LogP contribution in [0.3, 0.4) is 0 Å². The fourth-order valence-corrected chi connectivity index (χ4v) is 4.37. The lowest BCUT2D eigenvalue weighted by atomic mass is 10.1. The Morgan fingerprint density at radius 1 is 1.14 bits per heavy atom. The highest BCUT2D eigenvalue weighted by atomic mass is 32.2. The molecule has 3 rings (SSSR count). The van der Waals surface area contributed by atoms with Crippen LogP contribution in [-0.2, 0) is 14.8 Å². The second-order valence-corrected chi connectivity index (χ2v) is 8.84. The molecule has 0 saturated carbocycles. The summed E-state index contributed by atoms with van der Waals surface area (Å²) in [7, 11) is -3.74. The predicted octanol–water partition coefficient (Wildman–Crippen LogP) is 2.28. The van der Waals surface area contributed by atoms with Crippen LogP contribution in [0.15, 0.2) is 42.5 Å². The SMILES string of the molecule is CCOc1ccc(NS(=O)(=O)C2CC(C(=O)Nc3ccc(C)cc3C)NN2)cc1. The van der Waals surface area contributed by atoms with Gasteiger partial charge >= 0.3 is 0 Å². The van der Waals surface area contributed by atoms with E-state index in [0.29, 0.717) is 23.7 Å². The van der Waals surface area contributed by atoms with Crippen molar-refractivity contribution in [2.75, 3.05) is 16.6 Å². The number of benzene rings is 2. The van der Waals surface area contributed by atoms with Crippen LogP contribution in [0, 0.1) is 13.8 Å². The van der Waals surface area contributed by atoms with Crippen molar-refractivity contribution in [3.05, 3.63) is 53.6 Å². The van der Waals surface area contributed by atoms with E-state index in [-0.39, 0.29) is 12.3 Å². The van der Waals surface area contributed by atoms with Gasteiger partial charge in [0.05, 0.1) is 6.61 Å². The highest BCUT2D eigenvalue weighted by Crippen LogP contribution is 2.21. The van der Waals surface area contributed by atoms with Gasteiger partial charge in [-0.15, -0.1) is 0 Å². The summed E-state index contributed by atoms with van der Waals surface area (Å²) in [6.07, 6.45) is 0.100. The van der Waals surface area contributed by atoms with Gasteiger partial charge in [-0.1, -0.05) is 17.7 Å². The molecule has 1 saturated heterocycles. The fraction of sp³-hybridized carbons (Fsp3) is 0.350. The van der Waals surface area contributed by atoms with Gasteiger partial charge in [0.25, 0.3) is 0 Å². The molecule has 29 heavy (non-hydrogen) atoms. The third-order valence-corrected chi connectivity index (χ3v) is 6.20. The van der Waals surface area contributed by atoms with Crippen molar-refractivity contribution in [2.45, 2.75) is 38.6 Å². The average molecular weight is 419 g/mol. The van der Waals surface area contributed by atoms with Gasteiger partial charge in [0.15, 0.2) is 0 Å². The van der Waals surface area contributed by atoms with Crippen LogP contribution in [0.25, 0.3) is 0 Å².